The van der Waals surface area contributed by atoms with Gasteiger partial charge in [0.1, 0.15) is 5.37 Å². The van der Waals surface area contributed by atoms with Crippen molar-refractivity contribution < 1.29 is 9.59 Å². The quantitative estimate of drug-likeness (QED) is 0.464. The Morgan fingerprint density at radius 2 is 1.78 bits per heavy atom. The minimum atomic E-state index is -0.0957. The number of hydrogen-bond donors (Lipinski definition) is 1. The third-order valence-corrected chi connectivity index (χ3v) is 6.79. The van der Waals surface area contributed by atoms with Crippen LogP contribution in [0, 0.1) is 0 Å². The van der Waals surface area contributed by atoms with Gasteiger partial charge in [-0.15, -0.1) is 11.8 Å². The molecule has 0 radical (unpaired) electrons. The number of nitrogens with zero attached hydrogens (tertiary/aromatic N) is 1. The van der Waals surface area contributed by atoms with E-state index >= 15 is 0 Å². The molecule has 3 aromatic carbocycles. The van der Waals surface area contributed by atoms with Crippen molar-refractivity contribution in [2.75, 3.05) is 16.0 Å². The molecule has 1 unspecified atom stereocenters. The summed E-state index contributed by atoms with van der Waals surface area (Å²) in [7, 11) is 0. The molecule has 1 N–H and O–H groups in total. The summed E-state index contributed by atoms with van der Waals surface area (Å²) in [5.74, 6) is 0.575. The Hall–Kier alpha value is -3.05. The molecule has 1 fully saturated rings. The molecule has 0 aliphatic carbocycles. The fraction of sp³-hybridized carbons (Fsp3) is 0.259. The Balaban J connectivity index is 1.49. The number of thioether (sulfide) groups is 1. The van der Waals surface area contributed by atoms with E-state index in [1.54, 1.807) is 11.8 Å². The van der Waals surface area contributed by atoms with Gasteiger partial charge in [-0.2, -0.15) is 0 Å². The number of nitrogens with one attached hydrogen (secondary N) is 1. The van der Waals surface area contributed by atoms with E-state index in [9.17, 15) is 9.59 Å². The second-order valence-corrected chi connectivity index (χ2v) is 9.03. The first-order valence-corrected chi connectivity index (χ1v) is 12.2. The second-order valence-electron chi connectivity index (χ2n) is 7.97. The average Bonchev–Trinajstić information content (AvgIpc) is 3.20. The van der Waals surface area contributed by atoms with Crippen molar-refractivity contribution in [3.05, 3.63) is 95.6 Å². The highest BCUT2D eigenvalue weighted by Crippen LogP contribution is 2.43. The highest BCUT2D eigenvalue weighted by Gasteiger charge is 2.35. The molecule has 5 heteroatoms. The summed E-state index contributed by atoms with van der Waals surface area (Å²) in [4.78, 5) is 27.2. The van der Waals surface area contributed by atoms with E-state index in [2.05, 4.69) is 18.3 Å². The summed E-state index contributed by atoms with van der Waals surface area (Å²) in [6, 6.07) is 26.1. The number of para-hydroxylation sites is 1. The topological polar surface area (TPSA) is 49.4 Å². The first-order valence-electron chi connectivity index (χ1n) is 11.1. The van der Waals surface area contributed by atoms with Crippen LogP contribution in [-0.4, -0.2) is 17.6 Å². The molecule has 0 aromatic heterocycles. The van der Waals surface area contributed by atoms with Crippen molar-refractivity contribution in [3.8, 4) is 0 Å². The molecule has 4 nitrogen and oxygen atoms in total. The van der Waals surface area contributed by atoms with Crippen LogP contribution in [0.2, 0.25) is 0 Å². The highest BCUT2D eigenvalue weighted by atomic mass is 32.2. The first kappa shape index (κ1) is 22.2. The Kier molecular flexibility index (Phi) is 7.28. The largest absolute Gasteiger partial charge is 0.326 e. The van der Waals surface area contributed by atoms with Crippen molar-refractivity contribution in [1.29, 1.82) is 0 Å². The number of carbonyl (C=O) groups is 2. The van der Waals surface area contributed by atoms with Gasteiger partial charge in [0.05, 0.1) is 5.75 Å². The van der Waals surface area contributed by atoms with E-state index in [1.165, 1.54) is 5.56 Å². The van der Waals surface area contributed by atoms with E-state index in [1.807, 2.05) is 77.7 Å². The van der Waals surface area contributed by atoms with Gasteiger partial charge in [-0.1, -0.05) is 74.0 Å². The van der Waals surface area contributed by atoms with Crippen LogP contribution in [0.4, 0.5) is 11.4 Å². The smallest absolute Gasteiger partial charge is 0.238 e. The van der Waals surface area contributed by atoms with Gasteiger partial charge in [0.25, 0.3) is 0 Å². The number of hydrogen-bond acceptors (Lipinski definition) is 3. The van der Waals surface area contributed by atoms with Gasteiger partial charge in [-0.3, -0.25) is 14.5 Å². The minimum Gasteiger partial charge on any atom is -0.326 e. The van der Waals surface area contributed by atoms with E-state index in [-0.39, 0.29) is 17.2 Å². The SMILES string of the molecule is CCCc1ccccc1N1C(=O)CSC1c1cccc(NC(=O)CCc2ccccc2)c1. The van der Waals surface area contributed by atoms with Crippen LogP contribution < -0.4 is 10.2 Å². The molecule has 0 saturated carbocycles. The van der Waals surface area contributed by atoms with Crippen LogP contribution in [0.3, 0.4) is 0 Å². The van der Waals surface area contributed by atoms with Crippen molar-refractivity contribution >= 4 is 35.0 Å². The third kappa shape index (κ3) is 5.22. The van der Waals surface area contributed by atoms with Crippen LogP contribution in [-0.2, 0) is 22.4 Å². The van der Waals surface area contributed by atoms with Gasteiger partial charge in [-0.05, 0) is 47.7 Å². The van der Waals surface area contributed by atoms with Gasteiger partial charge in [-0.25, -0.2) is 0 Å². The standard InChI is InChI=1S/C27H28N2O2S/c1-2-9-21-12-6-7-15-24(21)29-26(31)19-32-27(29)22-13-8-14-23(18-22)28-25(30)17-16-20-10-4-3-5-11-20/h3-8,10-15,18,27H,2,9,16-17,19H2,1H3,(H,28,30). The maximum absolute atomic E-state index is 12.8. The molecule has 2 amide bonds. The van der Waals surface area contributed by atoms with Crippen molar-refractivity contribution in [3.63, 3.8) is 0 Å². The van der Waals surface area contributed by atoms with Crippen molar-refractivity contribution in [2.24, 2.45) is 0 Å². The molecule has 3 aromatic rings. The number of aryl methyl sites for hydroxylation is 2. The molecule has 1 heterocycles. The zero-order valence-corrected chi connectivity index (χ0v) is 19.1. The van der Waals surface area contributed by atoms with Crippen LogP contribution in [0.5, 0.6) is 0 Å². The van der Waals surface area contributed by atoms with Crippen LogP contribution >= 0.6 is 11.8 Å². The monoisotopic (exact) mass is 444 g/mol. The van der Waals surface area contributed by atoms with Crippen molar-refractivity contribution in [2.45, 2.75) is 38.0 Å². The first-order chi connectivity index (χ1) is 15.7. The van der Waals surface area contributed by atoms with Crippen LogP contribution in [0.25, 0.3) is 0 Å². The predicted molar refractivity (Wildman–Crippen MR) is 133 cm³/mol. The zero-order chi connectivity index (χ0) is 22.3. The van der Waals surface area contributed by atoms with E-state index in [4.69, 9.17) is 0 Å². The minimum absolute atomic E-state index is 0.00805. The number of anilines is 2. The summed E-state index contributed by atoms with van der Waals surface area (Å²) in [5.41, 5.74) is 5.13. The molecule has 0 spiro atoms. The second kappa shape index (κ2) is 10.5. The third-order valence-electron chi connectivity index (χ3n) is 5.58. The lowest BCUT2D eigenvalue weighted by molar-refractivity contribution is -0.116. The molecule has 1 aliphatic rings. The summed E-state index contributed by atoms with van der Waals surface area (Å²) in [5, 5.41) is 2.93. The molecule has 1 aliphatic heterocycles. The van der Waals surface area contributed by atoms with Gasteiger partial charge in [0, 0.05) is 17.8 Å². The van der Waals surface area contributed by atoms with Gasteiger partial charge < -0.3 is 5.32 Å². The highest BCUT2D eigenvalue weighted by molar-refractivity contribution is 8.00. The van der Waals surface area contributed by atoms with Crippen LogP contribution in [0.15, 0.2) is 78.9 Å². The van der Waals surface area contributed by atoms with Gasteiger partial charge >= 0.3 is 0 Å². The number of benzene rings is 3. The van der Waals surface area contributed by atoms with Gasteiger partial charge in [0.2, 0.25) is 11.8 Å². The summed E-state index contributed by atoms with van der Waals surface area (Å²) in [6.07, 6.45) is 3.11. The normalized spacial score (nSPS) is 15.7. The molecular weight excluding hydrogens is 416 g/mol. The fourth-order valence-electron chi connectivity index (χ4n) is 4.05. The Morgan fingerprint density at radius 1 is 1.00 bits per heavy atom. The van der Waals surface area contributed by atoms with Crippen molar-refractivity contribution in [1.82, 2.24) is 0 Å². The lowest BCUT2D eigenvalue weighted by atomic mass is 10.1. The Bertz CT molecular complexity index is 1080. The molecular formula is C27H28N2O2S. The molecule has 32 heavy (non-hydrogen) atoms. The number of amides is 2. The molecule has 164 valence electrons. The molecule has 1 atom stereocenters. The lowest BCUT2D eigenvalue weighted by Crippen LogP contribution is -2.28. The van der Waals surface area contributed by atoms with E-state index in [0.29, 0.717) is 18.6 Å². The van der Waals surface area contributed by atoms with Gasteiger partial charge in [0.15, 0.2) is 0 Å². The fourth-order valence-corrected chi connectivity index (χ4v) is 5.21. The van der Waals surface area contributed by atoms with E-state index < -0.39 is 0 Å². The maximum Gasteiger partial charge on any atom is 0.238 e. The number of rotatable bonds is 8. The zero-order valence-electron chi connectivity index (χ0n) is 18.3. The maximum atomic E-state index is 12.8. The summed E-state index contributed by atoms with van der Waals surface area (Å²) >= 11 is 1.63. The average molecular weight is 445 g/mol. The summed E-state index contributed by atoms with van der Waals surface area (Å²) in [6.45, 7) is 2.15. The van der Waals surface area contributed by atoms with Crippen LogP contribution in [0.1, 0.15) is 41.8 Å². The number of carbonyl (C=O) groups excluding carboxylic acids is 2. The summed E-state index contributed by atoms with van der Waals surface area (Å²) < 4.78 is 0. The lowest BCUT2D eigenvalue weighted by Gasteiger charge is -2.27. The molecule has 1 saturated heterocycles. The Labute approximate surface area is 194 Å². The predicted octanol–water partition coefficient (Wildman–Crippen LogP) is 5.99. The Morgan fingerprint density at radius 3 is 2.59 bits per heavy atom. The molecule has 4 rings (SSSR count). The van der Waals surface area contributed by atoms with E-state index in [0.717, 1.165) is 35.3 Å². The molecule has 0 bridgehead atoms.